The predicted octanol–water partition coefficient (Wildman–Crippen LogP) is 4.90. The van der Waals surface area contributed by atoms with Gasteiger partial charge in [-0.2, -0.15) is 13.2 Å². The summed E-state index contributed by atoms with van der Waals surface area (Å²) in [6, 6.07) is 10.7. The lowest BCUT2D eigenvalue weighted by Gasteiger charge is -2.16. The van der Waals surface area contributed by atoms with Gasteiger partial charge in [0, 0.05) is 29.8 Å². The van der Waals surface area contributed by atoms with Gasteiger partial charge in [0.05, 0.1) is 11.5 Å². The molecule has 1 fully saturated rings. The van der Waals surface area contributed by atoms with Crippen molar-refractivity contribution < 1.29 is 18.0 Å². The fraction of sp³-hybridized carbons (Fsp3) is 0.375. The summed E-state index contributed by atoms with van der Waals surface area (Å²) in [6.45, 7) is 4.64. The molecule has 1 saturated carbocycles. The lowest BCUT2D eigenvalue weighted by molar-refractivity contribution is -0.137. The van der Waals surface area contributed by atoms with E-state index in [1.54, 1.807) is 0 Å². The highest BCUT2D eigenvalue weighted by Crippen LogP contribution is 2.67. The van der Waals surface area contributed by atoms with Crippen LogP contribution in [0.3, 0.4) is 0 Å². The molecule has 34 heavy (non-hydrogen) atoms. The van der Waals surface area contributed by atoms with Gasteiger partial charge in [0.1, 0.15) is 5.01 Å². The van der Waals surface area contributed by atoms with Crippen LogP contribution in [-0.4, -0.2) is 28.7 Å². The number of hydrogen-bond donors (Lipinski definition) is 3. The molecule has 2 aliphatic rings. The van der Waals surface area contributed by atoms with Gasteiger partial charge in [-0.15, -0.1) is 10.2 Å². The van der Waals surface area contributed by atoms with E-state index in [-0.39, 0.29) is 29.2 Å². The molecule has 3 aromatic rings. The van der Waals surface area contributed by atoms with Crippen molar-refractivity contribution in [1.82, 2.24) is 10.2 Å². The first-order valence-corrected chi connectivity index (χ1v) is 11.8. The summed E-state index contributed by atoms with van der Waals surface area (Å²) in [7, 11) is 0. The number of anilines is 2. The zero-order valence-electron chi connectivity index (χ0n) is 18.6. The molecule has 0 radical (unpaired) electrons. The maximum absolute atomic E-state index is 12.7. The van der Waals surface area contributed by atoms with Gasteiger partial charge in [-0.1, -0.05) is 37.3 Å². The van der Waals surface area contributed by atoms with Gasteiger partial charge in [-0.3, -0.25) is 4.79 Å². The number of halogens is 3. The summed E-state index contributed by atoms with van der Waals surface area (Å²) in [5.74, 6) is 0.309. The van der Waals surface area contributed by atoms with Gasteiger partial charge in [0.25, 0.3) is 0 Å². The summed E-state index contributed by atoms with van der Waals surface area (Å²) in [5, 5.41) is 16.0. The number of hydrogen-bond acceptors (Lipinski definition) is 6. The fourth-order valence-corrected chi connectivity index (χ4v) is 5.57. The molecular formula is C24H24F3N5OS. The van der Waals surface area contributed by atoms with Gasteiger partial charge >= 0.3 is 6.18 Å². The number of fused-ring (bicyclic) bond motifs is 3. The number of nitrogens with one attached hydrogen (secondary N) is 2. The third kappa shape index (κ3) is 4.16. The minimum atomic E-state index is -4.35. The first kappa shape index (κ1) is 22.8. The number of alkyl halides is 3. The zero-order valence-corrected chi connectivity index (χ0v) is 19.4. The van der Waals surface area contributed by atoms with Gasteiger partial charge in [-0.05, 0) is 53.3 Å². The molecule has 4 N–H and O–H groups in total. The van der Waals surface area contributed by atoms with Crippen molar-refractivity contribution in [2.24, 2.45) is 17.1 Å². The third-order valence-electron chi connectivity index (χ3n) is 6.72. The smallest absolute Gasteiger partial charge is 0.359 e. The average molecular weight is 488 g/mol. The molecule has 6 nitrogen and oxygen atoms in total. The molecule has 0 saturated heterocycles. The lowest BCUT2D eigenvalue weighted by Crippen LogP contribution is -2.31. The summed E-state index contributed by atoms with van der Waals surface area (Å²) in [5.41, 5.74) is 9.12. The van der Waals surface area contributed by atoms with Crippen molar-refractivity contribution in [2.75, 3.05) is 17.2 Å². The van der Waals surface area contributed by atoms with E-state index in [0.29, 0.717) is 18.1 Å². The minimum Gasteiger partial charge on any atom is -0.359 e. The Balaban J connectivity index is 1.21. The summed E-state index contributed by atoms with van der Waals surface area (Å²) in [4.78, 5) is 12.3. The van der Waals surface area contributed by atoms with Crippen LogP contribution < -0.4 is 16.4 Å². The van der Waals surface area contributed by atoms with Crippen LogP contribution in [0.25, 0.3) is 10.6 Å². The molecule has 1 aromatic heterocycles. The largest absolute Gasteiger partial charge is 0.416 e. The molecule has 0 bridgehead atoms. The first-order valence-electron chi connectivity index (χ1n) is 11.0. The number of carbonyl (C=O) groups excluding carboxylic acids is 1. The highest BCUT2D eigenvalue weighted by molar-refractivity contribution is 7.18. The maximum atomic E-state index is 12.7. The number of aromatic nitrogens is 2. The SMILES string of the molecule is CC1(C)C2C(=O)Nc3ccc(-c4nnc(NC[C@@H](N)Cc5ccc(C(F)(F)F)cc5)s4)cc3C21. The molecule has 0 spiro atoms. The van der Waals surface area contributed by atoms with Crippen LogP contribution in [0.15, 0.2) is 42.5 Å². The van der Waals surface area contributed by atoms with E-state index in [0.717, 1.165) is 39.5 Å². The van der Waals surface area contributed by atoms with E-state index in [9.17, 15) is 18.0 Å². The molecule has 5 rings (SSSR count). The Kier molecular flexibility index (Phi) is 5.40. The molecule has 2 aromatic carbocycles. The summed E-state index contributed by atoms with van der Waals surface area (Å²) >= 11 is 1.40. The van der Waals surface area contributed by atoms with E-state index in [4.69, 9.17) is 5.73 Å². The molecule has 3 atom stereocenters. The highest BCUT2D eigenvalue weighted by Gasteiger charge is 2.64. The van der Waals surface area contributed by atoms with Crippen molar-refractivity contribution in [3.05, 3.63) is 59.2 Å². The first-order chi connectivity index (χ1) is 16.0. The van der Waals surface area contributed by atoms with Crippen molar-refractivity contribution in [2.45, 2.75) is 38.4 Å². The fourth-order valence-electron chi connectivity index (χ4n) is 4.82. The topological polar surface area (TPSA) is 92.9 Å². The predicted molar refractivity (Wildman–Crippen MR) is 126 cm³/mol. The van der Waals surface area contributed by atoms with Gasteiger partial charge in [0.2, 0.25) is 11.0 Å². The highest BCUT2D eigenvalue weighted by atomic mass is 32.1. The Labute approximate surface area is 198 Å². The van der Waals surface area contributed by atoms with E-state index < -0.39 is 11.7 Å². The van der Waals surface area contributed by atoms with E-state index >= 15 is 0 Å². The zero-order chi connectivity index (χ0) is 24.3. The van der Waals surface area contributed by atoms with E-state index in [2.05, 4.69) is 40.7 Å². The second-order valence-corrected chi connectivity index (χ2v) is 10.5. The molecule has 1 aliphatic carbocycles. The Morgan fingerprint density at radius 3 is 2.59 bits per heavy atom. The number of rotatable bonds is 6. The molecule has 2 heterocycles. The lowest BCUT2D eigenvalue weighted by atomic mass is 9.98. The van der Waals surface area contributed by atoms with Crippen molar-refractivity contribution >= 4 is 28.1 Å². The van der Waals surface area contributed by atoms with Gasteiger partial charge in [-0.25, -0.2) is 0 Å². The second-order valence-electron chi connectivity index (χ2n) is 9.52. The molecule has 178 valence electrons. The summed E-state index contributed by atoms with van der Waals surface area (Å²) in [6.07, 6.45) is -3.91. The van der Waals surface area contributed by atoms with Crippen LogP contribution in [0.1, 0.15) is 36.5 Å². The van der Waals surface area contributed by atoms with Crippen LogP contribution >= 0.6 is 11.3 Å². The van der Waals surface area contributed by atoms with Crippen LogP contribution in [0.2, 0.25) is 0 Å². The Bertz CT molecular complexity index is 1240. The molecule has 10 heteroatoms. The van der Waals surface area contributed by atoms with Crippen LogP contribution in [0, 0.1) is 11.3 Å². The van der Waals surface area contributed by atoms with Crippen molar-refractivity contribution in [3.8, 4) is 10.6 Å². The maximum Gasteiger partial charge on any atom is 0.416 e. The second kappa shape index (κ2) is 8.06. The van der Waals surface area contributed by atoms with Crippen LogP contribution in [0.4, 0.5) is 24.0 Å². The Hall–Kier alpha value is -2.98. The average Bonchev–Trinajstić information content (AvgIpc) is 3.12. The number of amides is 1. The minimum absolute atomic E-state index is 0.00745. The quantitative estimate of drug-likeness (QED) is 0.460. The number of nitrogens with zero attached hydrogens (tertiary/aromatic N) is 2. The van der Waals surface area contributed by atoms with Gasteiger partial charge in [0.15, 0.2) is 0 Å². The molecular weight excluding hydrogens is 463 g/mol. The van der Waals surface area contributed by atoms with Gasteiger partial charge < -0.3 is 16.4 Å². The number of nitrogens with two attached hydrogens (primary N) is 1. The van der Waals surface area contributed by atoms with Crippen molar-refractivity contribution in [3.63, 3.8) is 0 Å². The van der Waals surface area contributed by atoms with Crippen LogP contribution in [-0.2, 0) is 17.4 Å². The normalized spacial score (nSPS) is 21.3. The van der Waals surface area contributed by atoms with Crippen molar-refractivity contribution in [1.29, 1.82) is 0 Å². The van der Waals surface area contributed by atoms with E-state index in [1.807, 2.05) is 12.1 Å². The van der Waals surface area contributed by atoms with E-state index in [1.165, 1.54) is 23.5 Å². The summed E-state index contributed by atoms with van der Waals surface area (Å²) < 4.78 is 38.1. The Morgan fingerprint density at radius 2 is 1.88 bits per heavy atom. The van der Waals surface area contributed by atoms with Crippen LogP contribution in [0.5, 0.6) is 0 Å². The third-order valence-corrected chi connectivity index (χ3v) is 7.65. The monoisotopic (exact) mass is 487 g/mol. The molecule has 2 unspecified atom stereocenters. The standard InChI is InChI=1S/C24H24F3N5OS/c1-23(2)18-16-10-13(5-8-17(16)30-20(33)19(18)23)21-31-32-22(34-21)29-11-15(28)9-12-3-6-14(7-4-12)24(25,26)27/h3-8,10,15,18-19H,9,11,28H2,1-2H3,(H,29,32)(H,30,33)/t15-,18?,19?/m0/s1. The Morgan fingerprint density at radius 1 is 1.15 bits per heavy atom. The molecule has 1 amide bonds. The number of benzene rings is 2. The number of carbonyl (C=O) groups is 1. The molecule has 1 aliphatic heterocycles.